The average molecular weight is 517 g/mol. The van der Waals surface area contributed by atoms with Crippen molar-refractivity contribution in [3.05, 3.63) is 47.6 Å². The fraction of sp³-hybridized carbons (Fsp3) is 0.621. The van der Waals surface area contributed by atoms with Crippen LogP contribution in [0.15, 0.2) is 42.0 Å². The van der Waals surface area contributed by atoms with E-state index >= 15 is 0 Å². The third-order valence-electron chi connectivity index (χ3n) is 7.53. The molecule has 1 saturated carbocycles. The van der Waals surface area contributed by atoms with Crippen LogP contribution in [0.2, 0.25) is 0 Å². The van der Waals surface area contributed by atoms with Gasteiger partial charge >= 0.3 is 5.97 Å². The van der Waals surface area contributed by atoms with Crippen molar-refractivity contribution >= 4 is 12.0 Å². The SMILES string of the molecule is CO[C@@H]1[C@H](OC(=O)C=Cc2ccc(OCCOCCO)cc2)CC[C@]2(CO2)[C@H]1[C@@]1(C)O[C@@H]1CC=C(C)C. The zero-order valence-electron chi connectivity index (χ0n) is 22.3. The molecule has 2 saturated heterocycles. The maximum atomic E-state index is 12.7. The number of ether oxygens (including phenoxy) is 6. The molecule has 8 heteroatoms. The topological polar surface area (TPSA) is 99.3 Å². The number of epoxide rings is 2. The first-order chi connectivity index (χ1) is 17.8. The molecule has 1 spiro atoms. The van der Waals surface area contributed by atoms with Gasteiger partial charge in [-0.1, -0.05) is 23.8 Å². The Morgan fingerprint density at radius 2 is 1.95 bits per heavy atom. The van der Waals surface area contributed by atoms with Gasteiger partial charge in [0.2, 0.25) is 0 Å². The first-order valence-electron chi connectivity index (χ1n) is 13.1. The van der Waals surface area contributed by atoms with Crippen molar-refractivity contribution in [3.8, 4) is 5.75 Å². The predicted molar refractivity (Wildman–Crippen MR) is 138 cm³/mol. The smallest absolute Gasteiger partial charge is 0.331 e. The molecule has 3 aliphatic rings. The summed E-state index contributed by atoms with van der Waals surface area (Å²) in [6.45, 7) is 8.12. The molecule has 0 bridgehead atoms. The minimum atomic E-state index is -0.400. The average Bonchev–Trinajstić information content (AvgIpc) is 3.80. The summed E-state index contributed by atoms with van der Waals surface area (Å²) in [4.78, 5) is 12.7. The summed E-state index contributed by atoms with van der Waals surface area (Å²) < 4.78 is 34.8. The van der Waals surface area contributed by atoms with Crippen LogP contribution in [-0.2, 0) is 28.5 Å². The zero-order valence-corrected chi connectivity index (χ0v) is 22.3. The van der Waals surface area contributed by atoms with Gasteiger partial charge in [-0.05, 0) is 63.8 Å². The normalized spacial score (nSPS) is 32.4. The molecule has 0 aromatic heterocycles. The molecule has 1 aromatic carbocycles. The Morgan fingerprint density at radius 1 is 1.19 bits per heavy atom. The monoisotopic (exact) mass is 516 g/mol. The Kier molecular flexibility index (Phi) is 9.08. The third kappa shape index (κ3) is 6.81. The summed E-state index contributed by atoms with van der Waals surface area (Å²) in [5.74, 6) is 0.305. The van der Waals surface area contributed by atoms with E-state index in [9.17, 15) is 4.79 Å². The lowest BCUT2D eigenvalue weighted by molar-refractivity contribution is -0.166. The molecule has 1 aromatic rings. The summed E-state index contributed by atoms with van der Waals surface area (Å²) in [5.41, 5.74) is 1.52. The molecule has 4 rings (SSSR count). The molecule has 2 heterocycles. The van der Waals surface area contributed by atoms with Crippen LogP contribution >= 0.6 is 0 Å². The second-order valence-electron chi connectivity index (χ2n) is 10.4. The highest BCUT2D eigenvalue weighted by Crippen LogP contribution is 2.59. The van der Waals surface area contributed by atoms with Crippen molar-refractivity contribution < 1.29 is 38.3 Å². The van der Waals surface area contributed by atoms with E-state index in [1.54, 1.807) is 13.2 Å². The number of aliphatic hydroxyl groups is 1. The second-order valence-corrected chi connectivity index (χ2v) is 10.4. The van der Waals surface area contributed by atoms with E-state index in [1.165, 1.54) is 11.6 Å². The molecular weight excluding hydrogens is 476 g/mol. The number of methoxy groups -OCH3 is 1. The molecule has 1 N–H and O–H groups in total. The van der Waals surface area contributed by atoms with E-state index < -0.39 is 5.97 Å². The van der Waals surface area contributed by atoms with E-state index in [-0.39, 0.29) is 42.0 Å². The molecule has 37 heavy (non-hydrogen) atoms. The van der Waals surface area contributed by atoms with Crippen LogP contribution in [0.3, 0.4) is 0 Å². The quantitative estimate of drug-likeness (QED) is 0.139. The van der Waals surface area contributed by atoms with Crippen molar-refractivity contribution in [2.24, 2.45) is 5.92 Å². The number of hydrogen-bond acceptors (Lipinski definition) is 8. The van der Waals surface area contributed by atoms with Crippen LogP contribution in [0.1, 0.15) is 45.6 Å². The number of rotatable bonds is 13. The van der Waals surface area contributed by atoms with Crippen molar-refractivity contribution in [1.82, 2.24) is 0 Å². The molecule has 0 unspecified atom stereocenters. The first kappa shape index (κ1) is 27.8. The van der Waals surface area contributed by atoms with Crippen LogP contribution in [0.5, 0.6) is 5.75 Å². The van der Waals surface area contributed by atoms with Gasteiger partial charge in [0.25, 0.3) is 0 Å². The lowest BCUT2D eigenvalue weighted by atomic mass is 9.68. The predicted octanol–water partition coefficient (Wildman–Crippen LogP) is 3.71. The van der Waals surface area contributed by atoms with Gasteiger partial charge < -0.3 is 33.5 Å². The Hall–Kier alpha value is -2.23. The largest absolute Gasteiger partial charge is 0.491 e. The summed E-state index contributed by atoms with van der Waals surface area (Å²) in [6.07, 6.45) is 7.20. The lowest BCUT2D eigenvalue weighted by Crippen LogP contribution is -2.55. The van der Waals surface area contributed by atoms with Gasteiger partial charge in [0.05, 0.1) is 38.4 Å². The number of carbonyl (C=O) groups excluding carboxylic acids is 1. The molecule has 8 nitrogen and oxygen atoms in total. The van der Waals surface area contributed by atoms with Crippen molar-refractivity contribution in [2.45, 2.75) is 69.5 Å². The van der Waals surface area contributed by atoms with Gasteiger partial charge in [0.15, 0.2) is 0 Å². The van der Waals surface area contributed by atoms with E-state index in [1.807, 2.05) is 24.3 Å². The minimum Gasteiger partial charge on any atom is -0.491 e. The molecule has 204 valence electrons. The van der Waals surface area contributed by atoms with Gasteiger partial charge in [-0.15, -0.1) is 0 Å². The number of benzene rings is 1. The zero-order chi connectivity index (χ0) is 26.5. The van der Waals surface area contributed by atoms with Crippen LogP contribution in [0.25, 0.3) is 6.08 Å². The van der Waals surface area contributed by atoms with E-state index in [0.29, 0.717) is 38.6 Å². The third-order valence-corrected chi connectivity index (χ3v) is 7.53. The Morgan fingerprint density at radius 3 is 2.59 bits per heavy atom. The summed E-state index contributed by atoms with van der Waals surface area (Å²) in [7, 11) is 1.68. The summed E-state index contributed by atoms with van der Waals surface area (Å²) >= 11 is 0. The second kappa shape index (κ2) is 12.1. The van der Waals surface area contributed by atoms with Crippen molar-refractivity contribution in [2.75, 3.05) is 40.1 Å². The number of allylic oxidation sites excluding steroid dienone is 1. The highest BCUT2D eigenvalue weighted by molar-refractivity contribution is 5.87. The van der Waals surface area contributed by atoms with Gasteiger partial charge in [0.1, 0.15) is 35.8 Å². The standard InChI is InChI=1S/C29H40O8/c1-20(2)5-11-24-28(3,37-24)27-26(32-4)23(13-14-29(27)19-35-29)36-25(31)12-8-21-6-9-22(10-7-21)34-18-17-33-16-15-30/h5-10,12,23-24,26-27,30H,11,13-19H2,1-4H3/t23-,24-,26-,27-,28+,29+/m1/s1. The minimum absolute atomic E-state index is 0.00215. The Bertz CT molecular complexity index is 963. The number of hydrogen-bond donors (Lipinski definition) is 1. The summed E-state index contributed by atoms with van der Waals surface area (Å²) in [5, 5.41) is 8.71. The molecule has 3 fully saturated rings. The van der Waals surface area contributed by atoms with Gasteiger partial charge in [0, 0.05) is 13.2 Å². The molecule has 1 aliphatic carbocycles. The molecule has 0 radical (unpaired) electrons. The molecule has 6 atom stereocenters. The highest BCUT2D eigenvalue weighted by atomic mass is 16.6. The molecule has 2 aliphatic heterocycles. The van der Waals surface area contributed by atoms with Crippen molar-refractivity contribution in [3.63, 3.8) is 0 Å². The summed E-state index contributed by atoms with van der Waals surface area (Å²) in [6, 6.07) is 7.41. The first-order valence-corrected chi connectivity index (χ1v) is 13.1. The molecule has 0 amide bonds. The van der Waals surface area contributed by atoms with Crippen LogP contribution in [0.4, 0.5) is 0 Å². The van der Waals surface area contributed by atoms with Gasteiger partial charge in [-0.3, -0.25) is 0 Å². The Balaban J connectivity index is 1.32. The van der Waals surface area contributed by atoms with E-state index in [2.05, 4.69) is 26.8 Å². The fourth-order valence-electron chi connectivity index (χ4n) is 5.48. The Labute approximate surface area is 219 Å². The molecular formula is C29H40O8. The number of aliphatic hydroxyl groups excluding tert-OH is 1. The fourth-order valence-corrected chi connectivity index (χ4v) is 5.48. The van der Waals surface area contributed by atoms with Crippen LogP contribution in [-0.4, -0.2) is 80.7 Å². The maximum absolute atomic E-state index is 12.7. The number of carbonyl (C=O) groups is 1. The van der Waals surface area contributed by atoms with E-state index in [4.69, 9.17) is 33.5 Å². The van der Waals surface area contributed by atoms with Gasteiger partial charge in [-0.2, -0.15) is 0 Å². The highest BCUT2D eigenvalue weighted by Gasteiger charge is 2.72. The van der Waals surface area contributed by atoms with Crippen LogP contribution < -0.4 is 4.74 Å². The lowest BCUT2D eigenvalue weighted by Gasteiger charge is -2.42. The van der Waals surface area contributed by atoms with Crippen LogP contribution in [0, 0.1) is 5.92 Å². The maximum Gasteiger partial charge on any atom is 0.331 e. The van der Waals surface area contributed by atoms with E-state index in [0.717, 1.165) is 18.4 Å². The van der Waals surface area contributed by atoms with Gasteiger partial charge in [-0.25, -0.2) is 4.79 Å². The van der Waals surface area contributed by atoms with Crippen molar-refractivity contribution in [1.29, 1.82) is 0 Å². The number of esters is 1.